The molecule has 2 unspecified atom stereocenters. The van der Waals surface area contributed by atoms with Gasteiger partial charge in [0, 0.05) is 31.7 Å². The third kappa shape index (κ3) is 1.37. The van der Waals surface area contributed by atoms with Gasteiger partial charge < -0.3 is 5.11 Å². The number of rotatable bonds is 2. The Morgan fingerprint density at radius 3 is 2.33 bits per heavy atom. The molecule has 3 nitrogen and oxygen atoms in total. The highest BCUT2D eigenvalue weighted by molar-refractivity contribution is 4.93. The standard InChI is InChI=1S/C9H18N2O/c1-10-8-2-3-9(10)7-11(6-8)4-5-12/h8-9,12H,2-7H2,1H3. The highest BCUT2D eigenvalue weighted by atomic mass is 16.3. The van der Waals surface area contributed by atoms with Crippen LogP contribution in [0.25, 0.3) is 0 Å². The van der Waals surface area contributed by atoms with Crippen LogP contribution in [-0.2, 0) is 0 Å². The molecule has 0 radical (unpaired) electrons. The van der Waals surface area contributed by atoms with E-state index in [1.54, 1.807) is 0 Å². The highest BCUT2D eigenvalue weighted by Crippen LogP contribution is 2.27. The SMILES string of the molecule is CN1C2CCC1CN(CCO)C2. The Morgan fingerprint density at radius 1 is 1.25 bits per heavy atom. The molecule has 2 heterocycles. The summed E-state index contributed by atoms with van der Waals surface area (Å²) >= 11 is 0. The maximum atomic E-state index is 8.82. The van der Waals surface area contributed by atoms with E-state index < -0.39 is 0 Å². The molecule has 0 spiro atoms. The minimum atomic E-state index is 0.309. The summed E-state index contributed by atoms with van der Waals surface area (Å²) in [6, 6.07) is 1.52. The number of aliphatic hydroxyl groups excluding tert-OH is 1. The van der Waals surface area contributed by atoms with Crippen molar-refractivity contribution in [2.75, 3.05) is 33.3 Å². The van der Waals surface area contributed by atoms with E-state index in [9.17, 15) is 0 Å². The first-order chi connectivity index (χ1) is 5.81. The van der Waals surface area contributed by atoms with E-state index in [1.807, 2.05) is 0 Å². The third-order valence-corrected chi connectivity index (χ3v) is 3.34. The first-order valence-electron chi connectivity index (χ1n) is 4.86. The minimum Gasteiger partial charge on any atom is -0.395 e. The number of nitrogens with zero attached hydrogens (tertiary/aromatic N) is 2. The van der Waals surface area contributed by atoms with E-state index in [2.05, 4.69) is 16.8 Å². The molecule has 0 saturated carbocycles. The molecule has 2 atom stereocenters. The van der Waals surface area contributed by atoms with Crippen LogP contribution in [0.3, 0.4) is 0 Å². The van der Waals surface area contributed by atoms with Gasteiger partial charge in [-0.2, -0.15) is 0 Å². The fourth-order valence-corrected chi connectivity index (χ4v) is 2.52. The second kappa shape index (κ2) is 3.32. The van der Waals surface area contributed by atoms with Gasteiger partial charge in [-0.3, -0.25) is 9.80 Å². The van der Waals surface area contributed by atoms with Gasteiger partial charge in [0.2, 0.25) is 0 Å². The lowest BCUT2D eigenvalue weighted by Gasteiger charge is -2.38. The van der Waals surface area contributed by atoms with Crippen molar-refractivity contribution in [3.05, 3.63) is 0 Å². The monoisotopic (exact) mass is 170 g/mol. The van der Waals surface area contributed by atoms with Gasteiger partial charge >= 0.3 is 0 Å². The Morgan fingerprint density at radius 2 is 1.83 bits per heavy atom. The fourth-order valence-electron chi connectivity index (χ4n) is 2.52. The van der Waals surface area contributed by atoms with Crippen molar-refractivity contribution in [2.45, 2.75) is 24.9 Å². The maximum Gasteiger partial charge on any atom is 0.0558 e. The first kappa shape index (κ1) is 8.48. The fraction of sp³-hybridized carbons (Fsp3) is 1.00. The average Bonchev–Trinajstić information content (AvgIpc) is 2.33. The number of aliphatic hydroxyl groups is 1. The van der Waals surface area contributed by atoms with Crippen LogP contribution < -0.4 is 0 Å². The van der Waals surface area contributed by atoms with Crippen LogP contribution in [0.5, 0.6) is 0 Å². The first-order valence-corrected chi connectivity index (χ1v) is 4.86. The quantitative estimate of drug-likeness (QED) is 0.619. The molecular weight excluding hydrogens is 152 g/mol. The van der Waals surface area contributed by atoms with Crippen LogP contribution in [0, 0.1) is 0 Å². The van der Waals surface area contributed by atoms with Gasteiger partial charge in [0.1, 0.15) is 0 Å². The Hall–Kier alpha value is -0.120. The Kier molecular flexibility index (Phi) is 2.35. The summed E-state index contributed by atoms with van der Waals surface area (Å²) < 4.78 is 0. The predicted molar refractivity (Wildman–Crippen MR) is 48.1 cm³/mol. The summed E-state index contributed by atoms with van der Waals surface area (Å²) in [6.45, 7) is 3.49. The molecule has 0 aromatic carbocycles. The van der Waals surface area contributed by atoms with Crippen LogP contribution >= 0.6 is 0 Å². The van der Waals surface area contributed by atoms with Gasteiger partial charge in [-0.05, 0) is 19.9 Å². The van der Waals surface area contributed by atoms with Crippen molar-refractivity contribution in [1.29, 1.82) is 0 Å². The van der Waals surface area contributed by atoms with Gasteiger partial charge in [-0.25, -0.2) is 0 Å². The molecule has 2 fully saturated rings. The number of likely N-dealkylation sites (tertiary alicyclic amines) is 1. The second-order valence-corrected chi connectivity index (χ2v) is 4.03. The molecular formula is C9H18N2O. The van der Waals surface area contributed by atoms with E-state index in [0.29, 0.717) is 6.61 Å². The normalized spacial score (nSPS) is 37.5. The van der Waals surface area contributed by atoms with Gasteiger partial charge in [0.25, 0.3) is 0 Å². The van der Waals surface area contributed by atoms with Crippen LogP contribution in [-0.4, -0.2) is 60.3 Å². The van der Waals surface area contributed by atoms with Crippen molar-refractivity contribution in [2.24, 2.45) is 0 Å². The summed E-state index contributed by atoms with van der Waals surface area (Å²) in [7, 11) is 2.23. The Bertz CT molecular complexity index is 149. The molecule has 1 N–H and O–H groups in total. The van der Waals surface area contributed by atoms with Crippen molar-refractivity contribution in [1.82, 2.24) is 9.80 Å². The maximum absolute atomic E-state index is 8.82. The minimum absolute atomic E-state index is 0.309. The third-order valence-electron chi connectivity index (χ3n) is 3.34. The van der Waals surface area contributed by atoms with Crippen LogP contribution in [0.4, 0.5) is 0 Å². The number of hydrogen-bond donors (Lipinski definition) is 1. The van der Waals surface area contributed by atoms with Gasteiger partial charge in [-0.15, -0.1) is 0 Å². The average molecular weight is 170 g/mol. The van der Waals surface area contributed by atoms with E-state index in [1.165, 1.54) is 12.8 Å². The van der Waals surface area contributed by atoms with Crippen LogP contribution in [0.15, 0.2) is 0 Å². The molecule has 0 aromatic rings. The second-order valence-electron chi connectivity index (χ2n) is 4.03. The van der Waals surface area contributed by atoms with E-state index in [-0.39, 0.29) is 0 Å². The summed E-state index contributed by atoms with van der Waals surface area (Å²) in [6.07, 6.45) is 2.70. The molecule has 3 heteroatoms. The van der Waals surface area contributed by atoms with Crippen molar-refractivity contribution < 1.29 is 5.11 Å². The zero-order valence-corrected chi connectivity index (χ0v) is 7.74. The number of hydrogen-bond acceptors (Lipinski definition) is 3. The molecule has 2 aliphatic heterocycles. The molecule has 0 amide bonds. The lowest BCUT2D eigenvalue weighted by molar-refractivity contribution is 0.0752. The van der Waals surface area contributed by atoms with Crippen molar-refractivity contribution in [3.8, 4) is 0 Å². The molecule has 0 aliphatic carbocycles. The van der Waals surface area contributed by atoms with Gasteiger partial charge in [-0.1, -0.05) is 0 Å². The number of β-amino-alcohol motifs (C(OH)–C–C–N with tert-alkyl or cyclic N) is 1. The summed E-state index contributed by atoms with van der Waals surface area (Å²) in [5.41, 5.74) is 0. The zero-order chi connectivity index (χ0) is 8.55. The van der Waals surface area contributed by atoms with Crippen molar-refractivity contribution in [3.63, 3.8) is 0 Å². The van der Waals surface area contributed by atoms with E-state index in [4.69, 9.17) is 5.11 Å². The van der Waals surface area contributed by atoms with Crippen LogP contribution in [0.2, 0.25) is 0 Å². The molecule has 12 heavy (non-hydrogen) atoms. The zero-order valence-electron chi connectivity index (χ0n) is 7.74. The van der Waals surface area contributed by atoms with Gasteiger partial charge in [0.15, 0.2) is 0 Å². The topological polar surface area (TPSA) is 26.7 Å². The molecule has 2 rings (SSSR count). The number of likely N-dealkylation sites (N-methyl/N-ethyl adjacent to an activating group) is 1. The molecule has 2 aliphatic rings. The van der Waals surface area contributed by atoms with Crippen LogP contribution in [0.1, 0.15) is 12.8 Å². The summed E-state index contributed by atoms with van der Waals surface area (Å²) in [4.78, 5) is 4.90. The lowest BCUT2D eigenvalue weighted by Crippen LogP contribution is -2.52. The Balaban J connectivity index is 1.93. The Labute approximate surface area is 74.0 Å². The molecule has 0 aromatic heterocycles. The molecule has 2 bridgehead atoms. The molecule has 2 saturated heterocycles. The van der Waals surface area contributed by atoms with E-state index in [0.717, 1.165) is 31.7 Å². The van der Waals surface area contributed by atoms with Crippen molar-refractivity contribution >= 4 is 0 Å². The predicted octanol–water partition coefficient (Wildman–Crippen LogP) is -0.243. The summed E-state index contributed by atoms with van der Waals surface area (Å²) in [5.74, 6) is 0. The number of fused-ring (bicyclic) bond motifs is 2. The smallest absolute Gasteiger partial charge is 0.0558 e. The largest absolute Gasteiger partial charge is 0.395 e. The number of piperazine rings is 1. The van der Waals surface area contributed by atoms with Gasteiger partial charge in [0.05, 0.1) is 6.61 Å². The lowest BCUT2D eigenvalue weighted by atomic mass is 10.2. The summed E-state index contributed by atoms with van der Waals surface area (Å²) in [5, 5.41) is 8.82. The molecule has 70 valence electrons. The van der Waals surface area contributed by atoms with E-state index >= 15 is 0 Å². The highest BCUT2D eigenvalue weighted by Gasteiger charge is 2.36.